The third kappa shape index (κ3) is 7.34. The lowest BCUT2D eigenvalue weighted by Gasteiger charge is -2.50. The van der Waals surface area contributed by atoms with Gasteiger partial charge in [0, 0.05) is 101 Å². The van der Waals surface area contributed by atoms with Crippen LogP contribution in [0.15, 0.2) is 59.5 Å². The Bertz CT molecular complexity index is 2880. The average Bonchev–Trinajstić information content (AvgIpc) is 3.97. The van der Waals surface area contributed by atoms with Crippen LogP contribution in [0.4, 0.5) is 27.4 Å². The summed E-state index contributed by atoms with van der Waals surface area (Å²) in [5, 5.41) is 17.4. The number of pyridine rings is 1. The van der Waals surface area contributed by atoms with Crippen LogP contribution in [0.5, 0.6) is 0 Å². The topological polar surface area (TPSA) is 177 Å². The van der Waals surface area contributed by atoms with Crippen molar-refractivity contribution >= 4 is 51.8 Å². The summed E-state index contributed by atoms with van der Waals surface area (Å²) in [6, 6.07) is 15.6. The Kier molecular flexibility index (Phi) is 10.2. The second-order valence-corrected chi connectivity index (χ2v) is 19.6. The number of hydrogen-bond donors (Lipinski definition) is 3. The number of aromatic nitrogens is 5. The Labute approximate surface area is 386 Å². The van der Waals surface area contributed by atoms with Crippen molar-refractivity contribution in [2.45, 2.75) is 101 Å². The number of aryl methyl sites for hydroxylation is 1. The van der Waals surface area contributed by atoms with Gasteiger partial charge in [0.2, 0.25) is 17.8 Å². The average molecular weight is 911 g/mol. The van der Waals surface area contributed by atoms with Gasteiger partial charge in [0.05, 0.1) is 17.4 Å². The highest BCUT2D eigenvalue weighted by Crippen LogP contribution is 2.40. The van der Waals surface area contributed by atoms with Crippen LogP contribution in [0.3, 0.4) is 0 Å². The van der Waals surface area contributed by atoms with Crippen LogP contribution in [0.2, 0.25) is 0 Å². The first-order valence-electron chi connectivity index (χ1n) is 24.1. The van der Waals surface area contributed by atoms with Gasteiger partial charge in [0.25, 0.3) is 11.5 Å². The molecular weight excluding hydrogens is 856 g/mol. The quantitative estimate of drug-likeness (QED) is 0.172. The van der Waals surface area contributed by atoms with Gasteiger partial charge in [-0.15, -0.1) is 0 Å². The van der Waals surface area contributed by atoms with Crippen LogP contribution < -0.4 is 26.0 Å². The normalized spacial score (nSPS) is 24.1. The number of piperazine rings is 1. The fraction of sp³-hybridized carbons (Fsp3) is 0.490. The van der Waals surface area contributed by atoms with Gasteiger partial charge in [-0.05, 0) is 105 Å². The summed E-state index contributed by atoms with van der Waals surface area (Å²) in [6.07, 6.45) is 8.07. The molecule has 5 aliphatic heterocycles. The lowest BCUT2D eigenvalue weighted by atomic mass is 9.97. The highest BCUT2D eigenvalue weighted by atomic mass is 19.1. The number of likely N-dealkylation sites (tertiary alicyclic amines) is 1. The van der Waals surface area contributed by atoms with Crippen LogP contribution in [0, 0.1) is 5.82 Å². The number of carbonyl (C=O) groups is 3. The molecule has 18 heteroatoms. The number of rotatable bonds is 10. The summed E-state index contributed by atoms with van der Waals surface area (Å²) in [4.78, 5) is 76.5. The van der Waals surface area contributed by atoms with E-state index in [2.05, 4.69) is 47.3 Å². The summed E-state index contributed by atoms with van der Waals surface area (Å²) in [7, 11) is 0. The fourth-order valence-electron chi connectivity index (χ4n) is 11.5. The number of carbonyl (C=O) groups excluding carboxylic acids is 3. The number of fused-ring (bicyclic) bond motifs is 3. The maximum Gasteiger partial charge on any atom is 0.278 e. The third-order valence-electron chi connectivity index (χ3n) is 15.7. The van der Waals surface area contributed by atoms with Crippen LogP contribution >= 0.6 is 0 Å². The smallest absolute Gasteiger partial charge is 0.278 e. The van der Waals surface area contributed by atoms with E-state index < -0.39 is 23.4 Å². The van der Waals surface area contributed by atoms with Gasteiger partial charge >= 0.3 is 0 Å². The van der Waals surface area contributed by atoms with E-state index in [4.69, 9.17) is 9.97 Å². The van der Waals surface area contributed by atoms with E-state index in [9.17, 15) is 24.3 Å². The molecule has 3 N–H and O–H groups in total. The van der Waals surface area contributed by atoms with Gasteiger partial charge in [-0.1, -0.05) is 13.0 Å². The van der Waals surface area contributed by atoms with E-state index in [0.29, 0.717) is 64.7 Å². The van der Waals surface area contributed by atoms with E-state index >= 15 is 4.39 Å². The first-order chi connectivity index (χ1) is 32.5. The molecule has 0 radical (unpaired) electrons. The molecule has 1 saturated carbocycles. The number of hydrogen-bond acceptors (Lipinski definition) is 13. The van der Waals surface area contributed by atoms with Crippen LogP contribution in [0.25, 0.3) is 16.9 Å². The summed E-state index contributed by atoms with van der Waals surface area (Å²) >= 11 is 0. The molecular formula is C49H55FN12O5. The van der Waals surface area contributed by atoms with Crippen LogP contribution in [-0.4, -0.2) is 132 Å². The van der Waals surface area contributed by atoms with Crippen LogP contribution in [0.1, 0.15) is 91.5 Å². The monoisotopic (exact) mass is 910 g/mol. The summed E-state index contributed by atoms with van der Waals surface area (Å²) in [5.41, 5.74) is 4.64. The van der Waals surface area contributed by atoms with Gasteiger partial charge in [0.15, 0.2) is 11.5 Å². The standard InChI is InChI=1S/C49H55FN12O5/c1-2-49(67)16-13-29-3-11-41(53-43(29)49)62-44-37(47(66)61(62)34-8-9-34)25-51-48(55-44)52-31-4-6-32(7-5-31)57-19-21-58(22-20-57)33-14-17-56(18-15-33)35-27-59(28-35)40-23-30-26-60(46(65)36(30)24-38(40)50)39-10-12-42(63)54-45(39)64/h3-7,11,23-25,33-35,39,67H,2,8-10,12-22,26-28H2,1H3,(H,51,52,55)(H,54,63,64)/t39?,49-/m1/s1. The van der Waals surface area contributed by atoms with Crippen molar-refractivity contribution in [2.24, 2.45) is 0 Å². The van der Waals surface area contributed by atoms with Gasteiger partial charge < -0.3 is 25.1 Å². The molecule has 12 rings (SSSR count). The summed E-state index contributed by atoms with van der Waals surface area (Å²) in [6.45, 7) is 9.56. The molecule has 17 nitrogen and oxygen atoms in total. The van der Waals surface area contributed by atoms with Gasteiger partial charge in [-0.25, -0.2) is 23.7 Å². The predicted molar refractivity (Wildman–Crippen MR) is 248 cm³/mol. The Morgan fingerprint density at radius 1 is 0.821 bits per heavy atom. The number of amides is 3. The molecule has 3 aromatic heterocycles. The minimum atomic E-state index is -0.973. The number of nitrogens with one attached hydrogen (secondary N) is 2. The highest BCUT2D eigenvalue weighted by molar-refractivity contribution is 6.05. The van der Waals surface area contributed by atoms with Crippen molar-refractivity contribution in [1.29, 1.82) is 0 Å². The molecule has 0 spiro atoms. The maximum atomic E-state index is 15.4. The third-order valence-corrected chi connectivity index (χ3v) is 15.7. The molecule has 3 amide bonds. The molecule has 7 aliphatic rings. The van der Waals surface area contributed by atoms with Gasteiger partial charge in [0.1, 0.15) is 22.8 Å². The fourth-order valence-corrected chi connectivity index (χ4v) is 11.5. The first kappa shape index (κ1) is 42.1. The van der Waals surface area contributed by atoms with E-state index in [0.717, 1.165) is 107 Å². The number of halogens is 1. The summed E-state index contributed by atoms with van der Waals surface area (Å²) < 4.78 is 19.0. The number of imide groups is 1. The molecule has 1 unspecified atom stereocenters. The second kappa shape index (κ2) is 16.2. The molecule has 348 valence electrons. The largest absolute Gasteiger partial charge is 0.384 e. The number of benzene rings is 2. The van der Waals surface area contributed by atoms with Crippen LogP contribution in [-0.2, 0) is 28.2 Å². The minimum absolute atomic E-state index is 0.0743. The van der Waals surface area contributed by atoms with Gasteiger partial charge in [-0.3, -0.25) is 34.3 Å². The molecule has 4 saturated heterocycles. The predicted octanol–water partition coefficient (Wildman–Crippen LogP) is 3.97. The highest BCUT2D eigenvalue weighted by Gasteiger charge is 2.42. The molecule has 67 heavy (non-hydrogen) atoms. The van der Waals surface area contributed by atoms with Crippen molar-refractivity contribution in [2.75, 3.05) is 67.5 Å². The zero-order chi connectivity index (χ0) is 45.7. The van der Waals surface area contributed by atoms with Crippen molar-refractivity contribution < 1.29 is 23.9 Å². The molecule has 0 bridgehead atoms. The number of piperidine rings is 2. The Balaban J connectivity index is 0.636. The van der Waals surface area contributed by atoms with E-state index in [-0.39, 0.29) is 42.8 Å². The number of nitrogens with zero attached hydrogens (tertiary/aromatic N) is 10. The van der Waals surface area contributed by atoms with Crippen molar-refractivity contribution in [3.05, 3.63) is 93.3 Å². The molecule has 8 heterocycles. The van der Waals surface area contributed by atoms with E-state index in [1.807, 2.05) is 35.9 Å². The zero-order valence-corrected chi connectivity index (χ0v) is 37.7. The lowest BCUT2D eigenvalue weighted by molar-refractivity contribution is -0.136. The maximum absolute atomic E-state index is 15.4. The van der Waals surface area contributed by atoms with Gasteiger partial charge in [-0.2, -0.15) is 4.98 Å². The lowest BCUT2D eigenvalue weighted by Crippen LogP contribution is -2.62. The second-order valence-electron chi connectivity index (χ2n) is 19.6. The Morgan fingerprint density at radius 2 is 1.58 bits per heavy atom. The Morgan fingerprint density at radius 3 is 2.31 bits per heavy atom. The number of anilines is 4. The molecule has 2 atom stereocenters. The SMILES string of the molecule is CC[C@@]1(O)CCc2ccc(-n3c4nc(Nc5ccc(N6CCN(C7CCN(C8CN(c9cc%10c(cc9F)C(=O)N(C9CCC(=O)NC9=O)C%10)C8)CC7)CC6)cc5)ncc4c(=O)n3C3CC3)nc21. The zero-order valence-electron chi connectivity index (χ0n) is 37.7. The van der Waals surface area contributed by atoms with E-state index in [1.54, 1.807) is 16.9 Å². The molecule has 2 aliphatic carbocycles. The molecule has 5 aromatic rings. The van der Waals surface area contributed by atoms with E-state index in [1.165, 1.54) is 11.0 Å². The Hall–Kier alpha value is -6.24. The minimum Gasteiger partial charge on any atom is -0.384 e. The molecule has 5 fully saturated rings. The first-order valence-corrected chi connectivity index (χ1v) is 24.1. The van der Waals surface area contributed by atoms with Crippen molar-refractivity contribution in [3.8, 4) is 5.82 Å². The molecule has 2 aromatic carbocycles. The van der Waals surface area contributed by atoms with Crippen molar-refractivity contribution in [3.63, 3.8) is 0 Å². The van der Waals surface area contributed by atoms with Crippen molar-refractivity contribution in [1.82, 2.24) is 44.3 Å². The summed E-state index contributed by atoms with van der Waals surface area (Å²) in [5.74, 6) is -0.629. The number of aliphatic hydroxyl groups is 1.